The van der Waals surface area contributed by atoms with Gasteiger partial charge in [0.15, 0.2) is 0 Å². The van der Waals surface area contributed by atoms with Crippen LogP contribution in [0, 0.1) is 5.33 Å². The SMILES string of the molecule is Br[CH-]c1ccccc1.[Br-].[Mg+2]. The summed E-state index contributed by atoms with van der Waals surface area (Å²) in [6.45, 7) is 0. The first-order valence-electron chi connectivity index (χ1n) is 2.42. The van der Waals surface area contributed by atoms with E-state index < -0.39 is 0 Å². The largest absolute Gasteiger partial charge is 2.00 e. The average Bonchev–Trinajstić information content (AvgIpc) is 1.90. The van der Waals surface area contributed by atoms with E-state index >= 15 is 0 Å². The molecule has 0 unspecified atom stereocenters. The minimum absolute atomic E-state index is 0. The zero-order chi connectivity index (χ0) is 5.82. The average molecular weight is 274 g/mol. The molecule has 0 aliphatic carbocycles. The fourth-order valence-corrected chi connectivity index (χ4v) is 0.831. The van der Waals surface area contributed by atoms with E-state index in [9.17, 15) is 0 Å². The van der Waals surface area contributed by atoms with Gasteiger partial charge in [0.1, 0.15) is 0 Å². The predicted octanol–water partition coefficient (Wildman–Crippen LogP) is -0.785. The van der Waals surface area contributed by atoms with Crippen LogP contribution in [-0.4, -0.2) is 23.1 Å². The molecule has 1 rings (SSSR count). The van der Waals surface area contributed by atoms with Crippen molar-refractivity contribution in [3.05, 3.63) is 41.2 Å². The molecule has 0 heterocycles. The van der Waals surface area contributed by atoms with Gasteiger partial charge in [0.2, 0.25) is 0 Å². The summed E-state index contributed by atoms with van der Waals surface area (Å²) in [6.07, 6.45) is 0. The topological polar surface area (TPSA) is 0 Å². The van der Waals surface area contributed by atoms with Gasteiger partial charge >= 0.3 is 23.1 Å². The molecule has 0 aromatic heterocycles. The van der Waals surface area contributed by atoms with Gasteiger partial charge in [0, 0.05) is 0 Å². The number of hydrogen-bond acceptors (Lipinski definition) is 0. The first-order chi connectivity index (χ1) is 3.93. The summed E-state index contributed by atoms with van der Waals surface area (Å²) in [5.74, 6) is 0. The molecular weight excluding hydrogens is 268 g/mol. The maximum absolute atomic E-state index is 3.23. The van der Waals surface area contributed by atoms with Crippen LogP contribution in [0.5, 0.6) is 0 Å². The van der Waals surface area contributed by atoms with Crippen molar-refractivity contribution in [3.8, 4) is 0 Å². The minimum Gasteiger partial charge on any atom is -1.00 e. The van der Waals surface area contributed by atoms with Gasteiger partial charge in [-0.15, -0.1) is 33.4 Å². The summed E-state index contributed by atoms with van der Waals surface area (Å²) in [5.41, 5.74) is 1.20. The van der Waals surface area contributed by atoms with Gasteiger partial charge in [0.05, 0.1) is 0 Å². The normalized spacial score (nSPS) is 6.90. The Labute approximate surface area is 96.4 Å². The molecule has 0 fully saturated rings. The molecule has 1 aromatic carbocycles. The maximum atomic E-state index is 3.23. The molecule has 0 saturated heterocycles. The van der Waals surface area contributed by atoms with Crippen molar-refractivity contribution in [2.75, 3.05) is 0 Å². The van der Waals surface area contributed by atoms with E-state index in [-0.39, 0.29) is 40.0 Å². The standard InChI is InChI=1S/C7H6Br.BrH.Mg/c8-6-7-4-2-1-3-5-7;;/h1-6H;1H;/q-1;;+2/p-1. The Morgan fingerprint density at radius 1 is 1.10 bits per heavy atom. The van der Waals surface area contributed by atoms with Crippen LogP contribution in [0.15, 0.2) is 30.3 Å². The van der Waals surface area contributed by atoms with E-state index in [0.29, 0.717) is 0 Å². The number of rotatable bonds is 1. The molecule has 3 heteroatoms. The Morgan fingerprint density at radius 2 is 1.60 bits per heavy atom. The second-order valence-electron chi connectivity index (χ2n) is 1.52. The minimum atomic E-state index is 0. The first-order valence-corrected chi connectivity index (χ1v) is 3.33. The van der Waals surface area contributed by atoms with Crippen molar-refractivity contribution >= 4 is 39.0 Å². The van der Waals surface area contributed by atoms with Crippen molar-refractivity contribution in [2.45, 2.75) is 0 Å². The second kappa shape index (κ2) is 7.92. The summed E-state index contributed by atoms with van der Waals surface area (Å²) in [5, 5.41) is 1.90. The molecule has 0 spiro atoms. The van der Waals surface area contributed by atoms with E-state index in [2.05, 4.69) is 15.9 Å². The molecular formula is C7H6Br2Mg. The number of halogens is 2. The second-order valence-corrected chi connectivity index (χ2v) is 1.98. The summed E-state index contributed by atoms with van der Waals surface area (Å²) >= 11 is 3.23. The van der Waals surface area contributed by atoms with Crippen molar-refractivity contribution in [1.29, 1.82) is 0 Å². The van der Waals surface area contributed by atoms with Gasteiger partial charge in [-0.05, 0) is 0 Å². The van der Waals surface area contributed by atoms with Crippen molar-refractivity contribution in [1.82, 2.24) is 0 Å². The van der Waals surface area contributed by atoms with Gasteiger partial charge < -0.3 is 17.0 Å². The fourth-order valence-electron chi connectivity index (χ4n) is 0.526. The zero-order valence-electron chi connectivity index (χ0n) is 5.43. The van der Waals surface area contributed by atoms with E-state index in [1.807, 2.05) is 35.7 Å². The molecule has 50 valence electrons. The van der Waals surface area contributed by atoms with Gasteiger partial charge in [-0.2, -0.15) is 17.7 Å². The van der Waals surface area contributed by atoms with E-state index in [1.165, 1.54) is 5.56 Å². The summed E-state index contributed by atoms with van der Waals surface area (Å²) in [6, 6.07) is 10.1. The van der Waals surface area contributed by atoms with E-state index in [0.717, 1.165) is 0 Å². The van der Waals surface area contributed by atoms with Crippen molar-refractivity contribution < 1.29 is 17.0 Å². The maximum Gasteiger partial charge on any atom is 2.00 e. The Hall–Kier alpha value is 0.816. The zero-order valence-corrected chi connectivity index (χ0v) is 10.0. The van der Waals surface area contributed by atoms with Gasteiger partial charge in [-0.3, -0.25) is 0 Å². The van der Waals surface area contributed by atoms with E-state index in [4.69, 9.17) is 0 Å². The molecule has 0 aliphatic rings. The van der Waals surface area contributed by atoms with Crippen molar-refractivity contribution in [3.63, 3.8) is 0 Å². The van der Waals surface area contributed by atoms with Gasteiger partial charge in [-0.25, -0.2) is 0 Å². The molecule has 0 saturated carbocycles. The third-order valence-corrected chi connectivity index (χ3v) is 1.45. The third-order valence-electron chi connectivity index (χ3n) is 0.926. The third kappa shape index (κ3) is 4.60. The van der Waals surface area contributed by atoms with Crippen LogP contribution in [0.3, 0.4) is 0 Å². The summed E-state index contributed by atoms with van der Waals surface area (Å²) < 4.78 is 0. The Bertz CT molecular complexity index is 153. The Kier molecular flexibility index (Phi) is 10.6. The smallest absolute Gasteiger partial charge is 1.00 e. The van der Waals surface area contributed by atoms with Crippen LogP contribution in [0.1, 0.15) is 5.56 Å². The van der Waals surface area contributed by atoms with Crippen LogP contribution in [-0.2, 0) is 0 Å². The Balaban J connectivity index is 0. The molecule has 1 aromatic rings. The predicted molar refractivity (Wildman–Crippen MR) is 44.5 cm³/mol. The van der Waals surface area contributed by atoms with Crippen LogP contribution < -0.4 is 17.0 Å². The molecule has 0 nitrogen and oxygen atoms in total. The summed E-state index contributed by atoms with van der Waals surface area (Å²) in [4.78, 5) is 0. The monoisotopic (exact) mass is 272 g/mol. The molecule has 0 atom stereocenters. The first kappa shape index (κ1) is 13.4. The molecule has 0 N–H and O–H groups in total. The molecule has 0 aliphatic heterocycles. The Morgan fingerprint density at radius 3 is 1.90 bits per heavy atom. The van der Waals surface area contributed by atoms with Crippen LogP contribution in [0.4, 0.5) is 0 Å². The molecule has 10 heavy (non-hydrogen) atoms. The fraction of sp³-hybridized carbons (Fsp3) is 0. The molecule has 0 radical (unpaired) electrons. The number of hydrogen-bond donors (Lipinski definition) is 0. The molecule has 0 bridgehead atoms. The van der Waals surface area contributed by atoms with Gasteiger partial charge in [-0.1, -0.05) is 6.07 Å². The van der Waals surface area contributed by atoms with Crippen LogP contribution >= 0.6 is 15.9 Å². The van der Waals surface area contributed by atoms with Crippen molar-refractivity contribution in [2.24, 2.45) is 0 Å². The van der Waals surface area contributed by atoms with E-state index in [1.54, 1.807) is 0 Å². The molecule has 0 amide bonds. The quantitative estimate of drug-likeness (QED) is 0.465. The van der Waals surface area contributed by atoms with Crippen LogP contribution in [0.2, 0.25) is 0 Å². The van der Waals surface area contributed by atoms with Gasteiger partial charge in [0.25, 0.3) is 0 Å². The van der Waals surface area contributed by atoms with Crippen LogP contribution in [0.25, 0.3) is 0 Å². The number of benzene rings is 1. The summed E-state index contributed by atoms with van der Waals surface area (Å²) in [7, 11) is 0.